The molecule has 18 heavy (non-hydrogen) atoms. The lowest BCUT2D eigenvalue weighted by Crippen LogP contribution is -2.17. The SMILES string of the molecule is COCCC(C)Nc1cccc(-n2cccn2)c1. The molecule has 4 heteroatoms. The van der Waals surface area contributed by atoms with E-state index >= 15 is 0 Å². The molecule has 0 spiro atoms. The highest BCUT2D eigenvalue weighted by atomic mass is 16.5. The topological polar surface area (TPSA) is 39.1 Å². The highest BCUT2D eigenvalue weighted by molar-refractivity contribution is 5.51. The van der Waals surface area contributed by atoms with Gasteiger partial charge in [-0.3, -0.25) is 0 Å². The maximum absolute atomic E-state index is 5.08. The summed E-state index contributed by atoms with van der Waals surface area (Å²) < 4.78 is 6.93. The summed E-state index contributed by atoms with van der Waals surface area (Å²) in [6.45, 7) is 2.92. The number of benzene rings is 1. The molecule has 1 N–H and O–H groups in total. The quantitative estimate of drug-likeness (QED) is 0.850. The highest BCUT2D eigenvalue weighted by Crippen LogP contribution is 2.15. The largest absolute Gasteiger partial charge is 0.385 e. The van der Waals surface area contributed by atoms with Crippen LogP contribution < -0.4 is 5.32 Å². The van der Waals surface area contributed by atoms with Gasteiger partial charge in [-0.2, -0.15) is 5.10 Å². The molecule has 0 saturated heterocycles. The van der Waals surface area contributed by atoms with Gasteiger partial charge < -0.3 is 10.1 Å². The van der Waals surface area contributed by atoms with Gasteiger partial charge in [0.05, 0.1) is 5.69 Å². The standard InChI is InChI=1S/C14H19N3O/c1-12(7-10-18-2)16-13-5-3-6-14(11-13)17-9-4-8-15-17/h3-6,8-9,11-12,16H,7,10H2,1-2H3. The molecule has 0 aliphatic heterocycles. The fraction of sp³-hybridized carbons (Fsp3) is 0.357. The fourth-order valence-electron chi connectivity index (χ4n) is 1.81. The smallest absolute Gasteiger partial charge is 0.0666 e. The molecule has 0 aliphatic rings. The molecule has 0 radical (unpaired) electrons. The third-order valence-corrected chi connectivity index (χ3v) is 2.78. The Morgan fingerprint density at radius 1 is 1.39 bits per heavy atom. The summed E-state index contributed by atoms with van der Waals surface area (Å²) >= 11 is 0. The van der Waals surface area contributed by atoms with Crippen molar-refractivity contribution in [3.63, 3.8) is 0 Å². The van der Waals surface area contributed by atoms with Crippen molar-refractivity contribution in [2.24, 2.45) is 0 Å². The molecular formula is C14H19N3O. The zero-order valence-electron chi connectivity index (χ0n) is 10.8. The number of ether oxygens (including phenoxy) is 1. The maximum Gasteiger partial charge on any atom is 0.0666 e. The van der Waals surface area contributed by atoms with Crippen LogP contribution in [0.5, 0.6) is 0 Å². The lowest BCUT2D eigenvalue weighted by atomic mass is 10.2. The molecule has 0 fully saturated rings. The minimum Gasteiger partial charge on any atom is -0.385 e. The van der Waals surface area contributed by atoms with Gasteiger partial charge in [0.15, 0.2) is 0 Å². The van der Waals surface area contributed by atoms with Gasteiger partial charge in [0.25, 0.3) is 0 Å². The van der Waals surface area contributed by atoms with Gasteiger partial charge in [-0.05, 0) is 37.6 Å². The molecule has 1 aromatic heterocycles. The zero-order chi connectivity index (χ0) is 12.8. The third kappa shape index (κ3) is 3.34. The minimum absolute atomic E-state index is 0.387. The second-order valence-corrected chi connectivity index (χ2v) is 4.33. The van der Waals surface area contributed by atoms with Gasteiger partial charge >= 0.3 is 0 Å². The van der Waals surface area contributed by atoms with Gasteiger partial charge in [-0.25, -0.2) is 4.68 Å². The van der Waals surface area contributed by atoms with Crippen LogP contribution >= 0.6 is 0 Å². The summed E-state index contributed by atoms with van der Waals surface area (Å²) in [5.41, 5.74) is 2.16. The number of nitrogens with one attached hydrogen (secondary N) is 1. The van der Waals surface area contributed by atoms with Crippen molar-refractivity contribution in [1.82, 2.24) is 9.78 Å². The average Bonchev–Trinajstić information content (AvgIpc) is 2.90. The second kappa shape index (κ2) is 6.21. The van der Waals surface area contributed by atoms with E-state index in [9.17, 15) is 0 Å². The van der Waals surface area contributed by atoms with Crippen LogP contribution in [0.3, 0.4) is 0 Å². The number of methoxy groups -OCH3 is 1. The van der Waals surface area contributed by atoms with Gasteiger partial charge in [0.2, 0.25) is 0 Å². The van der Waals surface area contributed by atoms with Crippen LogP contribution in [0, 0.1) is 0 Å². The van der Waals surface area contributed by atoms with Crippen LogP contribution in [0.2, 0.25) is 0 Å². The number of aromatic nitrogens is 2. The predicted molar refractivity (Wildman–Crippen MR) is 73.1 cm³/mol. The Balaban J connectivity index is 2.03. The molecular weight excluding hydrogens is 226 g/mol. The number of rotatable bonds is 6. The highest BCUT2D eigenvalue weighted by Gasteiger charge is 2.03. The first-order chi connectivity index (χ1) is 8.79. The van der Waals surface area contributed by atoms with Crippen molar-refractivity contribution in [3.8, 4) is 5.69 Å². The average molecular weight is 245 g/mol. The number of anilines is 1. The van der Waals surface area contributed by atoms with Crippen molar-refractivity contribution in [2.75, 3.05) is 19.0 Å². The van der Waals surface area contributed by atoms with E-state index < -0.39 is 0 Å². The minimum atomic E-state index is 0.387. The summed E-state index contributed by atoms with van der Waals surface area (Å²) in [4.78, 5) is 0. The van der Waals surface area contributed by atoms with Crippen molar-refractivity contribution >= 4 is 5.69 Å². The fourth-order valence-corrected chi connectivity index (χ4v) is 1.81. The monoisotopic (exact) mass is 245 g/mol. The molecule has 1 heterocycles. The summed E-state index contributed by atoms with van der Waals surface area (Å²) in [6.07, 6.45) is 4.71. The van der Waals surface area contributed by atoms with E-state index in [0.717, 1.165) is 24.4 Å². The third-order valence-electron chi connectivity index (χ3n) is 2.78. The molecule has 1 unspecified atom stereocenters. The second-order valence-electron chi connectivity index (χ2n) is 4.33. The number of hydrogen-bond acceptors (Lipinski definition) is 3. The summed E-state index contributed by atoms with van der Waals surface area (Å²) in [5.74, 6) is 0. The Hall–Kier alpha value is -1.81. The molecule has 2 aromatic rings. The van der Waals surface area contributed by atoms with Crippen LogP contribution in [0.15, 0.2) is 42.7 Å². The van der Waals surface area contributed by atoms with Crippen LogP contribution in [0.25, 0.3) is 5.69 Å². The number of nitrogens with zero attached hydrogens (tertiary/aromatic N) is 2. The molecule has 2 rings (SSSR count). The molecule has 0 saturated carbocycles. The van der Waals surface area contributed by atoms with Gasteiger partial charge in [0, 0.05) is 37.8 Å². The lowest BCUT2D eigenvalue weighted by molar-refractivity contribution is 0.191. The molecule has 1 aromatic carbocycles. The Kier molecular flexibility index (Phi) is 4.36. The summed E-state index contributed by atoms with van der Waals surface area (Å²) in [6, 6.07) is 10.5. The van der Waals surface area contributed by atoms with Gasteiger partial charge in [-0.1, -0.05) is 6.07 Å². The van der Waals surface area contributed by atoms with Crippen molar-refractivity contribution in [2.45, 2.75) is 19.4 Å². The Labute approximate surface area is 108 Å². The summed E-state index contributed by atoms with van der Waals surface area (Å²) in [5, 5.41) is 7.68. The van der Waals surface area contributed by atoms with Crippen molar-refractivity contribution in [3.05, 3.63) is 42.7 Å². The molecule has 0 amide bonds. The van der Waals surface area contributed by atoms with Crippen molar-refractivity contribution < 1.29 is 4.74 Å². The lowest BCUT2D eigenvalue weighted by Gasteiger charge is -2.15. The van der Waals surface area contributed by atoms with E-state index in [-0.39, 0.29) is 0 Å². The van der Waals surface area contributed by atoms with E-state index in [2.05, 4.69) is 29.5 Å². The van der Waals surface area contributed by atoms with E-state index in [1.807, 2.05) is 29.1 Å². The van der Waals surface area contributed by atoms with Crippen LogP contribution in [0.1, 0.15) is 13.3 Å². The zero-order valence-corrected chi connectivity index (χ0v) is 10.8. The van der Waals surface area contributed by atoms with Crippen LogP contribution in [-0.2, 0) is 4.74 Å². The van der Waals surface area contributed by atoms with Crippen LogP contribution in [0.4, 0.5) is 5.69 Å². The maximum atomic E-state index is 5.08. The first-order valence-electron chi connectivity index (χ1n) is 6.15. The molecule has 0 bridgehead atoms. The van der Waals surface area contributed by atoms with Crippen LogP contribution in [-0.4, -0.2) is 29.5 Å². The van der Waals surface area contributed by atoms with E-state index in [0.29, 0.717) is 6.04 Å². The predicted octanol–water partition coefficient (Wildman–Crippen LogP) is 2.71. The first-order valence-corrected chi connectivity index (χ1v) is 6.15. The summed E-state index contributed by atoms with van der Waals surface area (Å²) in [7, 11) is 1.73. The first kappa shape index (κ1) is 12.6. The van der Waals surface area contributed by atoms with E-state index in [1.165, 1.54) is 0 Å². The number of hydrogen-bond donors (Lipinski definition) is 1. The Bertz CT molecular complexity index is 468. The van der Waals surface area contributed by atoms with Crippen molar-refractivity contribution in [1.29, 1.82) is 0 Å². The molecule has 0 aliphatic carbocycles. The van der Waals surface area contributed by atoms with Gasteiger partial charge in [-0.15, -0.1) is 0 Å². The van der Waals surface area contributed by atoms with E-state index in [1.54, 1.807) is 13.3 Å². The Morgan fingerprint density at radius 3 is 3.00 bits per heavy atom. The molecule has 1 atom stereocenters. The molecule has 96 valence electrons. The Morgan fingerprint density at radius 2 is 2.28 bits per heavy atom. The van der Waals surface area contributed by atoms with Gasteiger partial charge in [0.1, 0.15) is 0 Å². The van der Waals surface area contributed by atoms with E-state index in [4.69, 9.17) is 4.74 Å². The normalized spacial score (nSPS) is 12.3. The molecule has 4 nitrogen and oxygen atoms in total.